The van der Waals surface area contributed by atoms with Crippen LogP contribution in [0.4, 0.5) is 0 Å². The van der Waals surface area contributed by atoms with Crippen LogP contribution < -0.4 is 5.32 Å². The number of likely N-dealkylation sites (tertiary alicyclic amines) is 1. The van der Waals surface area contributed by atoms with E-state index in [1.165, 1.54) is 0 Å². The molecule has 2 aliphatic rings. The topological polar surface area (TPSA) is 65.8 Å². The lowest BCUT2D eigenvalue weighted by atomic mass is 9.76. The number of piperidine rings is 1. The molecule has 1 atom stereocenters. The van der Waals surface area contributed by atoms with Crippen molar-refractivity contribution in [2.24, 2.45) is 5.41 Å². The van der Waals surface area contributed by atoms with E-state index >= 15 is 0 Å². The normalized spacial score (nSPS) is 20.0. The fourth-order valence-corrected chi connectivity index (χ4v) is 5.93. The SMILES string of the molecule is CCC1(C(=O)NC)CCCN(Cc2oc(-c3ccccc3-c3cccc4c3CN(C)C4=O)cc2C)C1. The second kappa shape index (κ2) is 9.58. The zero-order valence-electron chi connectivity index (χ0n) is 21.7. The maximum Gasteiger partial charge on any atom is 0.254 e. The number of hydrogen-bond acceptors (Lipinski definition) is 4. The number of furan rings is 1. The summed E-state index contributed by atoms with van der Waals surface area (Å²) in [5.41, 5.74) is 5.79. The maximum atomic E-state index is 12.7. The molecule has 1 aromatic heterocycles. The van der Waals surface area contributed by atoms with E-state index in [4.69, 9.17) is 4.42 Å². The van der Waals surface area contributed by atoms with Gasteiger partial charge >= 0.3 is 0 Å². The third-order valence-corrected chi connectivity index (χ3v) is 8.06. The van der Waals surface area contributed by atoms with Crippen LogP contribution in [0.25, 0.3) is 22.5 Å². The molecule has 0 aliphatic carbocycles. The highest BCUT2D eigenvalue weighted by molar-refractivity contribution is 6.01. The first-order chi connectivity index (χ1) is 17.4. The van der Waals surface area contributed by atoms with Gasteiger partial charge in [-0.2, -0.15) is 0 Å². The Morgan fingerprint density at radius 2 is 1.81 bits per heavy atom. The highest BCUT2D eigenvalue weighted by Gasteiger charge is 2.40. The average Bonchev–Trinajstić information content (AvgIpc) is 3.41. The molecule has 0 bridgehead atoms. The Hall–Kier alpha value is -3.38. The molecule has 0 saturated carbocycles. The van der Waals surface area contributed by atoms with Crippen LogP contribution in [0, 0.1) is 12.3 Å². The summed E-state index contributed by atoms with van der Waals surface area (Å²) < 4.78 is 6.50. The van der Waals surface area contributed by atoms with Gasteiger partial charge < -0.3 is 14.6 Å². The number of rotatable bonds is 6. The molecule has 6 heteroatoms. The molecule has 1 N–H and O–H groups in total. The smallest absolute Gasteiger partial charge is 0.254 e. The Morgan fingerprint density at radius 3 is 2.56 bits per heavy atom. The molecule has 0 spiro atoms. The molecule has 2 aliphatic heterocycles. The van der Waals surface area contributed by atoms with Crippen molar-refractivity contribution in [1.29, 1.82) is 0 Å². The first-order valence-corrected chi connectivity index (χ1v) is 12.9. The number of benzene rings is 2. The molecule has 3 aromatic rings. The van der Waals surface area contributed by atoms with Gasteiger partial charge in [-0.05, 0) is 67.1 Å². The molecule has 1 unspecified atom stereocenters. The van der Waals surface area contributed by atoms with Crippen LogP contribution >= 0.6 is 0 Å². The molecule has 2 aromatic carbocycles. The molecular weight excluding hydrogens is 450 g/mol. The summed E-state index contributed by atoms with van der Waals surface area (Å²) in [4.78, 5) is 29.4. The number of carbonyl (C=O) groups excluding carboxylic acids is 2. The van der Waals surface area contributed by atoms with Crippen molar-refractivity contribution in [2.75, 3.05) is 27.2 Å². The van der Waals surface area contributed by atoms with Gasteiger partial charge in [0.25, 0.3) is 5.91 Å². The Morgan fingerprint density at radius 1 is 1.08 bits per heavy atom. The van der Waals surface area contributed by atoms with E-state index in [2.05, 4.69) is 48.3 Å². The fourth-order valence-electron chi connectivity index (χ4n) is 5.93. The molecule has 1 saturated heterocycles. The lowest BCUT2D eigenvalue weighted by molar-refractivity contribution is -0.134. The largest absolute Gasteiger partial charge is 0.459 e. The van der Waals surface area contributed by atoms with Crippen molar-refractivity contribution in [2.45, 2.75) is 46.2 Å². The fraction of sp³-hybridized carbons (Fsp3) is 0.400. The zero-order chi connectivity index (χ0) is 25.4. The first-order valence-electron chi connectivity index (χ1n) is 12.9. The van der Waals surface area contributed by atoms with Crippen molar-refractivity contribution in [3.8, 4) is 22.5 Å². The third kappa shape index (κ3) is 4.13. The standard InChI is InChI=1S/C30H35N3O3/c1-5-30(29(35)31-3)14-9-15-33(19-30)18-27-20(2)16-26(36-27)23-11-7-6-10-21(23)22-12-8-13-24-25(22)17-32(4)28(24)34/h6-8,10-13,16H,5,9,14-15,17-19H2,1-4H3,(H,31,35). The Labute approximate surface area is 213 Å². The van der Waals surface area contributed by atoms with Crippen molar-refractivity contribution in [3.05, 3.63) is 71.0 Å². The molecule has 5 rings (SSSR count). The predicted molar refractivity (Wildman–Crippen MR) is 141 cm³/mol. The van der Waals surface area contributed by atoms with Crippen LogP contribution in [0.2, 0.25) is 0 Å². The van der Waals surface area contributed by atoms with E-state index in [-0.39, 0.29) is 17.2 Å². The summed E-state index contributed by atoms with van der Waals surface area (Å²) in [6, 6.07) is 16.3. The van der Waals surface area contributed by atoms with E-state index in [0.29, 0.717) is 13.1 Å². The molecule has 0 radical (unpaired) electrons. The number of aryl methyl sites for hydroxylation is 1. The quantitative estimate of drug-likeness (QED) is 0.518. The average molecular weight is 486 g/mol. The highest BCUT2D eigenvalue weighted by Crippen LogP contribution is 2.40. The second-order valence-electron chi connectivity index (χ2n) is 10.3. The zero-order valence-corrected chi connectivity index (χ0v) is 21.7. The van der Waals surface area contributed by atoms with Crippen molar-refractivity contribution >= 4 is 11.8 Å². The molecule has 188 valence electrons. The van der Waals surface area contributed by atoms with Gasteiger partial charge in [0.05, 0.1) is 12.0 Å². The minimum absolute atomic E-state index is 0.0712. The highest BCUT2D eigenvalue weighted by atomic mass is 16.3. The number of amides is 2. The summed E-state index contributed by atoms with van der Waals surface area (Å²) >= 11 is 0. The van der Waals surface area contributed by atoms with Gasteiger partial charge in [-0.1, -0.05) is 43.3 Å². The van der Waals surface area contributed by atoms with Crippen LogP contribution in [0.5, 0.6) is 0 Å². The molecular formula is C30H35N3O3. The van der Waals surface area contributed by atoms with Gasteiger partial charge in [0.2, 0.25) is 5.91 Å². The molecule has 1 fully saturated rings. The number of hydrogen-bond donors (Lipinski definition) is 1. The molecule has 6 nitrogen and oxygen atoms in total. The minimum atomic E-state index is -0.332. The van der Waals surface area contributed by atoms with Crippen LogP contribution in [-0.2, 0) is 17.9 Å². The van der Waals surface area contributed by atoms with Gasteiger partial charge in [-0.25, -0.2) is 0 Å². The third-order valence-electron chi connectivity index (χ3n) is 8.06. The van der Waals surface area contributed by atoms with Crippen LogP contribution in [0.15, 0.2) is 52.9 Å². The van der Waals surface area contributed by atoms with E-state index in [1.807, 2.05) is 31.3 Å². The van der Waals surface area contributed by atoms with Gasteiger partial charge in [0, 0.05) is 38.3 Å². The number of nitrogens with zero attached hydrogens (tertiary/aromatic N) is 2. The van der Waals surface area contributed by atoms with Gasteiger partial charge in [0.1, 0.15) is 11.5 Å². The first kappa shape index (κ1) is 24.3. The van der Waals surface area contributed by atoms with E-state index in [9.17, 15) is 9.59 Å². The summed E-state index contributed by atoms with van der Waals surface area (Å²) in [6.07, 6.45) is 2.76. The van der Waals surface area contributed by atoms with E-state index in [1.54, 1.807) is 11.9 Å². The summed E-state index contributed by atoms with van der Waals surface area (Å²) in [7, 11) is 3.58. The Balaban J connectivity index is 1.45. The molecule has 36 heavy (non-hydrogen) atoms. The maximum absolute atomic E-state index is 12.7. The van der Waals surface area contributed by atoms with Crippen molar-refractivity contribution < 1.29 is 14.0 Å². The van der Waals surface area contributed by atoms with Gasteiger partial charge in [0.15, 0.2) is 0 Å². The van der Waals surface area contributed by atoms with Crippen LogP contribution in [0.3, 0.4) is 0 Å². The van der Waals surface area contributed by atoms with Gasteiger partial charge in [-0.15, -0.1) is 0 Å². The predicted octanol–water partition coefficient (Wildman–Crippen LogP) is 5.25. The summed E-state index contributed by atoms with van der Waals surface area (Å²) in [5.74, 6) is 1.98. The molecule has 3 heterocycles. The number of carbonyl (C=O) groups is 2. The lowest BCUT2D eigenvalue weighted by Crippen LogP contribution is -2.50. The Kier molecular flexibility index (Phi) is 6.47. The number of fused-ring (bicyclic) bond motifs is 1. The van der Waals surface area contributed by atoms with E-state index in [0.717, 1.165) is 77.3 Å². The lowest BCUT2D eigenvalue weighted by Gasteiger charge is -2.40. The van der Waals surface area contributed by atoms with E-state index < -0.39 is 0 Å². The van der Waals surface area contributed by atoms with Crippen molar-refractivity contribution in [1.82, 2.24) is 15.1 Å². The number of nitrogens with one attached hydrogen (secondary N) is 1. The molecule has 2 amide bonds. The second-order valence-corrected chi connectivity index (χ2v) is 10.3. The van der Waals surface area contributed by atoms with Crippen LogP contribution in [-0.4, -0.2) is 48.8 Å². The van der Waals surface area contributed by atoms with Crippen molar-refractivity contribution in [3.63, 3.8) is 0 Å². The monoisotopic (exact) mass is 485 g/mol. The summed E-state index contributed by atoms with van der Waals surface area (Å²) in [5, 5.41) is 2.88. The Bertz CT molecular complexity index is 1310. The van der Waals surface area contributed by atoms with Crippen LogP contribution in [0.1, 0.15) is 53.4 Å². The van der Waals surface area contributed by atoms with Gasteiger partial charge in [-0.3, -0.25) is 14.5 Å². The minimum Gasteiger partial charge on any atom is -0.459 e. The summed E-state index contributed by atoms with van der Waals surface area (Å²) in [6.45, 7) is 7.20.